The molecule has 5 heteroatoms. The molecule has 0 radical (unpaired) electrons. The van der Waals surface area contributed by atoms with Gasteiger partial charge >= 0.3 is 0 Å². The highest BCUT2D eigenvalue weighted by Crippen LogP contribution is 2.29. The standard InChI is InChI=1S/C13H12BrF2NS/c1-2-17-13(8-3-4-18-7-8)9-5-12(16)10(14)6-11(9)15/h3-7,13,17H,2H2,1H3. The number of rotatable bonds is 4. The number of nitrogens with one attached hydrogen (secondary N) is 1. The Morgan fingerprint density at radius 3 is 2.72 bits per heavy atom. The number of hydrogen-bond donors (Lipinski definition) is 1. The van der Waals surface area contributed by atoms with E-state index in [1.54, 1.807) is 0 Å². The van der Waals surface area contributed by atoms with Gasteiger partial charge in [-0.25, -0.2) is 8.78 Å². The van der Waals surface area contributed by atoms with Crippen LogP contribution < -0.4 is 5.32 Å². The molecule has 2 aromatic rings. The van der Waals surface area contributed by atoms with Gasteiger partial charge in [-0.15, -0.1) is 0 Å². The van der Waals surface area contributed by atoms with Crippen molar-refractivity contribution in [2.24, 2.45) is 0 Å². The Bertz CT molecular complexity index is 528. The molecule has 96 valence electrons. The van der Waals surface area contributed by atoms with Crippen LogP contribution in [0.2, 0.25) is 0 Å². The molecular formula is C13H12BrF2NS. The van der Waals surface area contributed by atoms with Gasteiger partial charge in [-0.05, 0) is 57.0 Å². The van der Waals surface area contributed by atoms with Gasteiger partial charge in [-0.1, -0.05) is 6.92 Å². The molecule has 0 saturated carbocycles. The largest absolute Gasteiger partial charge is 0.306 e. The zero-order chi connectivity index (χ0) is 13.1. The summed E-state index contributed by atoms with van der Waals surface area (Å²) in [5.41, 5.74) is 1.28. The Morgan fingerprint density at radius 1 is 1.33 bits per heavy atom. The van der Waals surface area contributed by atoms with Crippen LogP contribution in [0.4, 0.5) is 8.78 Å². The molecule has 1 nitrogen and oxygen atoms in total. The normalized spacial score (nSPS) is 12.7. The van der Waals surface area contributed by atoms with Crippen molar-refractivity contribution >= 4 is 27.3 Å². The highest BCUT2D eigenvalue weighted by atomic mass is 79.9. The maximum Gasteiger partial charge on any atom is 0.137 e. The Labute approximate surface area is 117 Å². The zero-order valence-electron chi connectivity index (χ0n) is 9.71. The van der Waals surface area contributed by atoms with Crippen LogP contribution in [0.3, 0.4) is 0 Å². The van der Waals surface area contributed by atoms with Crippen molar-refractivity contribution in [2.45, 2.75) is 13.0 Å². The molecular weight excluding hydrogens is 320 g/mol. The van der Waals surface area contributed by atoms with Gasteiger partial charge in [0, 0.05) is 5.56 Å². The average molecular weight is 332 g/mol. The highest BCUT2D eigenvalue weighted by molar-refractivity contribution is 9.10. The van der Waals surface area contributed by atoms with E-state index in [1.807, 2.05) is 23.8 Å². The molecule has 0 fully saturated rings. The van der Waals surface area contributed by atoms with E-state index in [-0.39, 0.29) is 10.5 Å². The second kappa shape index (κ2) is 5.91. The molecule has 0 saturated heterocycles. The first-order valence-electron chi connectivity index (χ1n) is 5.53. The minimum atomic E-state index is -0.454. The fraction of sp³-hybridized carbons (Fsp3) is 0.231. The summed E-state index contributed by atoms with van der Waals surface area (Å²) in [6.07, 6.45) is 0. The summed E-state index contributed by atoms with van der Waals surface area (Å²) in [5.74, 6) is -0.870. The Morgan fingerprint density at radius 2 is 2.11 bits per heavy atom. The first-order chi connectivity index (χ1) is 8.63. The van der Waals surface area contributed by atoms with Gasteiger partial charge in [0.15, 0.2) is 0 Å². The Hall–Kier alpha value is -0.780. The topological polar surface area (TPSA) is 12.0 Å². The van der Waals surface area contributed by atoms with E-state index in [2.05, 4.69) is 21.2 Å². The second-order valence-corrected chi connectivity index (χ2v) is 5.47. The smallest absolute Gasteiger partial charge is 0.137 e. The molecule has 1 aromatic heterocycles. The van der Waals surface area contributed by atoms with Crippen molar-refractivity contribution in [3.8, 4) is 0 Å². The van der Waals surface area contributed by atoms with Crippen LogP contribution in [0.25, 0.3) is 0 Å². The number of halogens is 3. The third-order valence-corrected chi connectivity index (χ3v) is 3.94. The summed E-state index contributed by atoms with van der Waals surface area (Å²) >= 11 is 4.52. The van der Waals surface area contributed by atoms with Crippen molar-refractivity contribution in [3.05, 3.63) is 56.2 Å². The van der Waals surface area contributed by atoms with Crippen LogP contribution in [0.15, 0.2) is 33.4 Å². The molecule has 0 aliphatic heterocycles. The summed E-state index contributed by atoms with van der Waals surface area (Å²) in [6, 6.07) is 4.01. The van der Waals surface area contributed by atoms with E-state index < -0.39 is 11.6 Å². The quantitative estimate of drug-likeness (QED) is 0.814. The van der Waals surface area contributed by atoms with E-state index in [1.165, 1.54) is 23.5 Å². The SMILES string of the molecule is CCNC(c1ccsc1)c1cc(F)c(Br)cc1F. The van der Waals surface area contributed by atoms with E-state index >= 15 is 0 Å². The lowest BCUT2D eigenvalue weighted by molar-refractivity contribution is 0.543. The number of thiophene rings is 1. The number of hydrogen-bond acceptors (Lipinski definition) is 2. The van der Waals surface area contributed by atoms with Crippen molar-refractivity contribution in [3.63, 3.8) is 0 Å². The first kappa shape index (κ1) is 13.6. The Balaban J connectivity index is 2.46. The zero-order valence-corrected chi connectivity index (χ0v) is 12.1. The fourth-order valence-corrected chi connectivity index (χ4v) is 2.81. The molecule has 0 aliphatic carbocycles. The van der Waals surface area contributed by atoms with E-state index in [9.17, 15) is 8.78 Å². The summed E-state index contributed by atoms with van der Waals surface area (Å²) in [5, 5.41) is 7.03. The van der Waals surface area contributed by atoms with Gasteiger partial charge < -0.3 is 5.32 Å². The maximum atomic E-state index is 14.0. The molecule has 0 spiro atoms. The summed E-state index contributed by atoms with van der Waals surface area (Å²) in [4.78, 5) is 0. The lowest BCUT2D eigenvalue weighted by Crippen LogP contribution is -2.22. The van der Waals surface area contributed by atoms with Crippen LogP contribution >= 0.6 is 27.3 Å². The number of benzene rings is 1. The molecule has 0 bridgehead atoms. The lowest BCUT2D eigenvalue weighted by Gasteiger charge is -2.18. The van der Waals surface area contributed by atoms with E-state index in [0.717, 1.165) is 5.56 Å². The Kier molecular flexibility index (Phi) is 4.48. The summed E-state index contributed by atoms with van der Waals surface area (Å²) < 4.78 is 27.7. The van der Waals surface area contributed by atoms with Crippen LogP contribution in [0, 0.1) is 11.6 Å². The van der Waals surface area contributed by atoms with Crippen LogP contribution in [-0.4, -0.2) is 6.54 Å². The molecule has 2 rings (SSSR count). The maximum absolute atomic E-state index is 14.0. The molecule has 1 aromatic carbocycles. The monoisotopic (exact) mass is 331 g/mol. The lowest BCUT2D eigenvalue weighted by atomic mass is 10.0. The van der Waals surface area contributed by atoms with Gasteiger partial charge in [0.1, 0.15) is 11.6 Å². The van der Waals surface area contributed by atoms with Crippen molar-refractivity contribution < 1.29 is 8.78 Å². The van der Waals surface area contributed by atoms with Crippen LogP contribution in [0.5, 0.6) is 0 Å². The molecule has 1 heterocycles. The minimum Gasteiger partial charge on any atom is -0.306 e. The van der Waals surface area contributed by atoms with Crippen molar-refractivity contribution in [1.29, 1.82) is 0 Å². The molecule has 18 heavy (non-hydrogen) atoms. The molecule has 1 N–H and O–H groups in total. The summed E-state index contributed by atoms with van der Waals surface area (Å²) in [6.45, 7) is 2.62. The van der Waals surface area contributed by atoms with Crippen molar-refractivity contribution in [1.82, 2.24) is 5.32 Å². The van der Waals surface area contributed by atoms with Gasteiger partial charge in [0.2, 0.25) is 0 Å². The van der Waals surface area contributed by atoms with E-state index in [0.29, 0.717) is 12.1 Å². The van der Waals surface area contributed by atoms with Crippen LogP contribution in [-0.2, 0) is 0 Å². The van der Waals surface area contributed by atoms with Gasteiger partial charge in [-0.2, -0.15) is 11.3 Å². The van der Waals surface area contributed by atoms with Gasteiger partial charge in [0.05, 0.1) is 10.5 Å². The molecule has 1 atom stereocenters. The highest BCUT2D eigenvalue weighted by Gasteiger charge is 2.19. The third kappa shape index (κ3) is 2.79. The predicted octanol–water partition coefficient (Wildman–Crippen LogP) is 4.49. The molecule has 0 aliphatic rings. The third-order valence-electron chi connectivity index (χ3n) is 2.64. The van der Waals surface area contributed by atoms with E-state index in [4.69, 9.17) is 0 Å². The fourth-order valence-electron chi connectivity index (χ4n) is 1.81. The molecule has 1 unspecified atom stereocenters. The van der Waals surface area contributed by atoms with Gasteiger partial charge in [0.25, 0.3) is 0 Å². The second-order valence-electron chi connectivity index (χ2n) is 3.84. The first-order valence-corrected chi connectivity index (χ1v) is 7.27. The van der Waals surface area contributed by atoms with Gasteiger partial charge in [-0.3, -0.25) is 0 Å². The van der Waals surface area contributed by atoms with Crippen LogP contribution in [0.1, 0.15) is 24.1 Å². The summed E-state index contributed by atoms with van der Waals surface area (Å²) in [7, 11) is 0. The molecule has 0 amide bonds. The van der Waals surface area contributed by atoms with Crippen molar-refractivity contribution in [2.75, 3.05) is 6.54 Å². The minimum absolute atomic E-state index is 0.143. The average Bonchev–Trinajstić information content (AvgIpc) is 2.85. The predicted molar refractivity (Wildman–Crippen MR) is 73.9 cm³/mol.